The number of pyridine rings is 1. The van der Waals surface area contributed by atoms with Crippen LogP contribution in [0.25, 0.3) is 5.65 Å². The summed E-state index contributed by atoms with van der Waals surface area (Å²) in [7, 11) is 0. The van der Waals surface area contributed by atoms with Gasteiger partial charge in [0.1, 0.15) is 6.54 Å². The van der Waals surface area contributed by atoms with Gasteiger partial charge in [-0.3, -0.25) is 14.0 Å². The van der Waals surface area contributed by atoms with Crippen LogP contribution in [0.4, 0.5) is 13.2 Å². The van der Waals surface area contributed by atoms with E-state index in [1.54, 1.807) is 24.4 Å². The number of carbonyl (C=O) groups excluding carboxylic acids is 2. The predicted molar refractivity (Wildman–Crippen MR) is 92.4 cm³/mol. The highest BCUT2D eigenvalue weighted by Crippen LogP contribution is 2.27. The highest BCUT2D eigenvalue weighted by atomic mass is 19.4. The first-order chi connectivity index (χ1) is 13.2. The number of rotatable bonds is 7. The van der Waals surface area contributed by atoms with E-state index in [0.29, 0.717) is 25.0 Å². The number of carbonyl (C=O) groups is 2. The van der Waals surface area contributed by atoms with Gasteiger partial charge in [0.2, 0.25) is 11.8 Å². The Balaban J connectivity index is 1.37. The fourth-order valence-electron chi connectivity index (χ4n) is 3.10. The van der Waals surface area contributed by atoms with Crippen molar-refractivity contribution in [2.75, 3.05) is 6.54 Å². The fraction of sp³-hybridized carbons (Fsp3) is 0.529. The van der Waals surface area contributed by atoms with Gasteiger partial charge in [-0.05, 0) is 30.9 Å². The Morgan fingerprint density at radius 1 is 1.21 bits per heavy atom. The molecule has 2 aromatic rings. The molecule has 2 amide bonds. The van der Waals surface area contributed by atoms with E-state index in [9.17, 15) is 27.6 Å². The summed E-state index contributed by atoms with van der Waals surface area (Å²) in [5, 5.41) is 9.34. The van der Waals surface area contributed by atoms with Crippen molar-refractivity contribution < 1.29 is 22.8 Å². The van der Waals surface area contributed by atoms with Crippen LogP contribution in [-0.4, -0.2) is 44.8 Å². The lowest BCUT2D eigenvalue weighted by Gasteiger charge is -2.36. The van der Waals surface area contributed by atoms with E-state index in [1.165, 1.54) is 4.40 Å². The second kappa shape index (κ2) is 8.03. The molecule has 0 spiro atoms. The minimum atomic E-state index is -4.34. The molecule has 28 heavy (non-hydrogen) atoms. The van der Waals surface area contributed by atoms with Gasteiger partial charge in [-0.1, -0.05) is 6.07 Å². The SMILES string of the molecule is O=C(Cn1nc2ccccn2c1=O)NCC1CC(NC(=O)CCC(F)(F)F)C1. The number of aromatic nitrogens is 3. The molecular formula is C17H20F3N5O3. The topological polar surface area (TPSA) is 97.5 Å². The molecule has 0 saturated heterocycles. The maximum absolute atomic E-state index is 12.1. The molecule has 8 nitrogen and oxygen atoms in total. The molecule has 2 aromatic heterocycles. The third-order valence-electron chi connectivity index (χ3n) is 4.61. The molecule has 0 bridgehead atoms. The second-order valence-electron chi connectivity index (χ2n) is 6.89. The average molecular weight is 399 g/mol. The molecule has 1 aliphatic rings. The molecule has 0 unspecified atom stereocenters. The molecule has 11 heteroatoms. The maximum atomic E-state index is 12.1. The summed E-state index contributed by atoms with van der Waals surface area (Å²) in [6.45, 7) is 0.167. The van der Waals surface area contributed by atoms with Gasteiger partial charge in [0.15, 0.2) is 5.65 Å². The average Bonchev–Trinajstić information content (AvgIpc) is 2.90. The van der Waals surface area contributed by atoms with Gasteiger partial charge in [0, 0.05) is 25.2 Å². The molecule has 0 aromatic carbocycles. The number of alkyl halides is 3. The largest absolute Gasteiger partial charge is 0.389 e. The van der Waals surface area contributed by atoms with E-state index in [2.05, 4.69) is 15.7 Å². The third-order valence-corrected chi connectivity index (χ3v) is 4.61. The van der Waals surface area contributed by atoms with Crippen LogP contribution in [-0.2, 0) is 16.1 Å². The van der Waals surface area contributed by atoms with Crippen LogP contribution in [0.3, 0.4) is 0 Å². The predicted octanol–water partition coefficient (Wildman–Crippen LogP) is 0.849. The van der Waals surface area contributed by atoms with E-state index in [1.807, 2.05) is 0 Å². The Bertz CT molecular complexity index is 915. The van der Waals surface area contributed by atoms with Crippen molar-refractivity contribution in [1.29, 1.82) is 0 Å². The van der Waals surface area contributed by atoms with Crippen molar-refractivity contribution >= 4 is 17.5 Å². The van der Waals surface area contributed by atoms with E-state index < -0.39 is 30.6 Å². The van der Waals surface area contributed by atoms with Crippen molar-refractivity contribution in [2.24, 2.45) is 5.92 Å². The van der Waals surface area contributed by atoms with Crippen LogP contribution in [0.1, 0.15) is 25.7 Å². The highest BCUT2D eigenvalue weighted by molar-refractivity contribution is 5.76. The van der Waals surface area contributed by atoms with Gasteiger partial charge in [-0.2, -0.15) is 13.2 Å². The Morgan fingerprint density at radius 2 is 1.96 bits per heavy atom. The van der Waals surface area contributed by atoms with E-state index in [4.69, 9.17) is 0 Å². The molecule has 1 saturated carbocycles. The van der Waals surface area contributed by atoms with Gasteiger partial charge >= 0.3 is 11.9 Å². The fourth-order valence-corrected chi connectivity index (χ4v) is 3.10. The highest BCUT2D eigenvalue weighted by Gasteiger charge is 2.32. The zero-order valence-electron chi connectivity index (χ0n) is 14.9. The summed E-state index contributed by atoms with van der Waals surface area (Å²) < 4.78 is 38.7. The first kappa shape index (κ1) is 19.9. The third kappa shape index (κ3) is 5.11. The summed E-state index contributed by atoms with van der Waals surface area (Å²) >= 11 is 0. The van der Waals surface area contributed by atoms with Crippen LogP contribution < -0.4 is 16.3 Å². The van der Waals surface area contributed by atoms with Gasteiger partial charge < -0.3 is 10.6 Å². The Labute approximate surface area is 157 Å². The van der Waals surface area contributed by atoms with Crippen LogP contribution in [0.5, 0.6) is 0 Å². The van der Waals surface area contributed by atoms with Crippen LogP contribution in [0.15, 0.2) is 29.2 Å². The minimum Gasteiger partial charge on any atom is -0.354 e. The Hall–Kier alpha value is -2.85. The smallest absolute Gasteiger partial charge is 0.354 e. The van der Waals surface area contributed by atoms with E-state index in [-0.39, 0.29) is 24.4 Å². The standard InChI is InChI=1S/C17H20F3N5O3/c18-17(19,20)5-4-14(26)22-12-7-11(8-12)9-21-15(27)10-25-16(28)24-6-2-1-3-13(24)23-25/h1-3,6,11-12H,4-5,7-10H2,(H,21,27)(H,22,26). The first-order valence-corrected chi connectivity index (χ1v) is 8.88. The maximum Gasteiger partial charge on any atom is 0.389 e. The molecule has 3 rings (SSSR count). The van der Waals surface area contributed by atoms with Crippen LogP contribution >= 0.6 is 0 Å². The van der Waals surface area contributed by atoms with Gasteiger partial charge in [0.05, 0.1) is 6.42 Å². The number of halogens is 3. The normalized spacial score (nSPS) is 19.2. The van der Waals surface area contributed by atoms with Crippen molar-refractivity contribution in [3.8, 4) is 0 Å². The number of nitrogens with one attached hydrogen (secondary N) is 2. The quantitative estimate of drug-likeness (QED) is 0.721. The zero-order chi connectivity index (χ0) is 20.3. The molecule has 152 valence electrons. The molecule has 0 atom stereocenters. The summed E-state index contributed by atoms with van der Waals surface area (Å²) in [6.07, 6.45) is -3.30. The number of hydrogen-bond donors (Lipinski definition) is 2. The Kier molecular flexibility index (Phi) is 5.71. The molecule has 0 aliphatic heterocycles. The summed E-state index contributed by atoms with van der Waals surface area (Å²) in [5.74, 6) is -0.839. The molecule has 1 fully saturated rings. The van der Waals surface area contributed by atoms with Gasteiger partial charge in [-0.25, -0.2) is 9.48 Å². The van der Waals surface area contributed by atoms with E-state index in [0.717, 1.165) is 4.68 Å². The molecule has 1 aliphatic carbocycles. The minimum absolute atomic E-state index is 0.134. The second-order valence-corrected chi connectivity index (χ2v) is 6.89. The lowest BCUT2D eigenvalue weighted by molar-refractivity contribution is -0.144. The van der Waals surface area contributed by atoms with Gasteiger partial charge in [0.25, 0.3) is 0 Å². The molecule has 2 heterocycles. The monoisotopic (exact) mass is 399 g/mol. The Morgan fingerprint density at radius 3 is 2.64 bits per heavy atom. The molecule has 2 N–H and O–H groups in total. The first-order valence-electron chi connectivity index (χ1n) is 8.88. The lowest BCUT2D eigenvalue weighted by Crippen LogP contribution is -2.48. The van der Waals surface area contributed by atoms with Crippen molar-refractivity contribution in [3.05, 3.63) is 34.9 Å². The number of nitrogens with zero attached hydrogens (tertiary/aromatic N) is 3. The zero-order valence-corrected chi connectivity index (χ0v) is 14.9. The van der Waals surface area contributed by atoms with Crippen molar-refractivity contribution in [3.63, 3.8) is 0 Å². The number of fused-ring (bicyclic) bond motifs is 1. The number of amides is 2. The lowest BCUT2D eigenvalue weighted by atomic mass is 9.80. The van der Waals surface area contributed by atoms with Crippen LogP contribution in [0.2, 0.25) is 0 Å². The molecule has 0 radical (unpaired) electrons. The summed E-state index contributed by atoms with van der Waals surface area (Å²) in [4.78, 5) is 35.6. The van der Waals surface area contributed by atoms with E-state index >= 15 is 0 Å². The summed E-state index contributed by atoms with van der Waals surface area (Å²) in [5.41, 5.74) is 0.0411. The van der Waals surface area contributed by atoms with Gasteiger partial charge in [-0.15, -0.1) is 5.10 Å². The van der Waals surface area contributed by atoms with Crippen LogP contribution in [0, 0.1) is 5.92 Å². The molecular weight excluding hydrogens is 379 g/mol. The van der Waals surface area contributed by atoms with Crippen molar-refractivity contribution in [1.82, 2.24) is 24.8 Å². The summed E-state index contributed by atoms with van der Waals surface area (Å²) in [6, 6.07) is 4.92. The number of hydrogen-bond acceptors (Lipinski definition) is 4. The van der Waals surface area contributed by atoms with Crippen molar-refractivity contribution in [2.45, 2.75) is 44.4 Å².